The first-order valence-electron chi connectivity index (χ1n) is 11.4. The van der Waals surface area contributed by atoms with Gasteiger partial charge in [-0.2, -0.15) is 0 Å². The van der Waals surface area contributed by atoms with Gasteiger partial charge >= 0.3 is 0 Å². The maximum atomic E-state index is 13.7. The van der Waals surface area contributed by atoms with Crippen molar-refractivity contribution in [3.8, 4) is 0 Å². The molecular formula is C26H30N2O3. The smallest absolute Gasteiger partial charge is 0.255 e. The molecule has 2 aromatic rings. The number of fused-ring (bicyclic) bond motifs is 1. The highest BCUT2D eigenvalue weighted by Gasteiger charge is 2.37. The molecule has 2 saturated heterocycles. The van der Waals surface area contributed by atoms with E-state index in [2.05, 4.69) is 32.0 Å². The highest BCUT2D eigenvalue weighted by molar-refractivity contribution is 6.09. The Morgan fingerprint density at radius 1 is 1.10 bits per heavy atom. The van der Waals surface area contributed by atoms with E-state index in [4.69, 9.17) is 4.74 Å². The van der Waals surface area contributed by atoms with Crippen molar-refractivity contribution in [2.24, 2.45) is 0 Å². The van der Waals surface area contributed by atoms with E-state index in [0.29, 0.717) is 24.2 Å². The number of hydrogen-bond donors (Lipinski definition) is 0. The molecule has 162 valence electrons. The molecule has 0 aliphatic carbocycles. The molecule has 3 aliphatic heterocycles. The lowest BCUT2D eigenvalue weighted by atomic mass is 9.98. The van der Waals surface area contributed by atoms with E-state index in [1.807, 2.05) is 28.0 Å². The predicted octanol–water partition coefficient (Wildman–Crippen LogP) is 4.42. The van der Waals surface area contributed by atoms with Crippen molar-refractivity contribution in [3.05, 3.63) is 69.8 Å². The topological polar surface area (TPSA) is 49.9 Å². The molecule has 0 N–H and O–H groups in total. The van der Waals surface area contributed by atoms with Crippen LogP contribution in [-0.4, -0.2) is 47.4 Å². The normalized spacial score (nSPS) is 23.0. The number of ether oxygens (including phenoxy) is 1. The van der Waals surface area contributed by atoms with E-state index in [1.54, 1.807) is 0 Å². The van der Waals surface area contributed by atoms with Gasteiger partial charge in [-0.1, -0.05) is 30.3 Å². The van der Waals surface area contributed by atoms with Gasteiger partial charge in [-0.25, -0.2) is 0 Å². The van der Waals surface area contributed by atoms with E-state index in [0.717, 1.165) is 44.4 Å². The summed E-state index contributed by atoms with van der Waals surface area (Å²) < 4.78 is 5.73. The van der Waals surface area contributed by atoms with E-state index >= 15 is 0 Å². The number of hydrogen-bond acceptors (Lipinski definition) is 3. The molecule has 5 heteroatoms. The fourth-order valence-corrected chi connectivity index (χ4v) is 5.26. The summed E-state index contributed by atoms with van der Waals surface area (Å²) in [5.74, 6) is -0.0544. The number of carbonyl (C=O) groups is 2. The molecule has 5 nitrogen and oxygen atoms in total. The molecule has 5 rings (SSSR count). The van der Waals surface area contributed by atoms with Crippen molar-refractivity contribution in [2.45, 2.75) is 58.2 Å². The number of rotatable bonds is 4. The Bertz CT molecular complexity index is 1030. The van der Waals surface area contributed by atoms with E-state index < -0.39 is 0 Å². The molecule has 3 aliphatic rings. The van der Waals surface area contributed by atoms with Crippen LogP contribution in [0.25, 0.3) is 0 Å². The maximum Gasteiger partial charge on any atom is 0.255 e. The van der Waals surface area contributed by atoms with Crippen LogP contribution in [-0.2, 0) is 11.3 Å². The van der Waals surface area contributed by atoms with Crippen molar-refractivity contribution in [3.63, 3.8) is 0 Å². The van der Waals surface area contributed by atoms with Gasteiger partial charge in [0.1, 0.15) is 0 Å². The number of amides is 2. The minimum atomic E-state index is -0.0311. The van der Waals surface area contributed by atoms with Crippen molar-refractivity contribution < 1.29 is 14.3 Å². The van der Waals surface area contributed by atoms with E-state index in [1.165, 1.54) is 16.7 Å². The summed E-state index contributed by atoms with van der Waals surface area (Å²) >= 11 is 0. The molecule has 0 saturated carbocycles. The maximum absolute atomic E-state index is 13.7. The van der Waals surface area contributed by atoms with Gasteiger partial charge < -0.3 is 14.5 Å². The third kappa shape index (κ3) is 3.65. The van der Waals surface area contributed by atoms with E-state index in [-0.39, 0.29) is 24.0 Å². The zero-order valence-corrected chi connectivity index (χ0v) is 18.4. The summed E-state index contributed by atoms with van der Waals surface area (Å²) in [5, 5.41) is 0. The van der Waals surface area contributed by atoms with Crippen molar-refractivity contribution in [1.82, 2.24) is 9.80 Å². The Morgan fingerprint density at radius 2 is 1.97 bits per heavy atom. The molecule has 3 heterocycles. The van der Waals surface area contributed by atoms with Crippen LogP contribution >= 0.6 is 0 Å². The molecule has 2 aromatic carbocycles. The van der Waals surface area contributed by atoms with Gasteiger partial charge in [0, 0.05) is 26.2 Å². The standard InChI is InChI=1S/C26H30N2O3/c1-17-10-11-19(14-18(17)2)23-9-4-12-28(23)25(29)22-8-3-6-20-15-27(26(30)24(20)22)16-21-7-5-13-31-21/h3,6,8,10-11,14,21,23H,4-5,7,9,12-13,15-16H2,1-2H3/t21-,23-/m1/s1. The van der Waals surface area contributed by atoms with Crippen LogP contribution in [0, 0.1) is 13.8 Å². The Labute approximate surface area is 184 Å². The zero-order valence-electron chi connectivity index (χ0n) is 18.4. The van der Waals surface area contributed by atoms with Crippen molar-refractivity contribution >= 4 is 11.8 Å². The van der Waals surface area contributed by atoms with Crippen LogP contribution in [0.2, 0.25) is 0 Å². The van der Waals surface area contributed by atoms with Crippen LogP contribution in [0.1, 0.15) is 74.7 Å². The van der Waals surface area contributed by atoms with Gasteiger partial charge in [0.15, 0.2) is 0 Å². The minimum absolute atomic E-state index is 0.0232. The summed E-state index contributed by atoms with van der Waals surface area (Å²) in [6, 6.07) is 12.3. The third-order valence-electron chi connectivity index (χ3n) is 7.12. The lowest BCUT2D eigenvalue weighted by Crippen LogP contribution is -2.34. The summed E-state index contributed by atoms with van der Waals surface area (Å²) in [6.45, 7) is 6.90. The summed E-state index contributed by atoms with van der Waals surface area (Å²) in [4.78, 5) is 30.7. The van der Waals surface area contributed by atoms with Crippen LogP contribution in [0.3, 0.4) is 0 Å². The molecule has 2 amide bonds. The third-order valence-corrected chi connectivity index (χ3v) is 7.12. The second kappa shape index (κ2) is 8.12. The summed E-state index contributed by atoms with van der Waals surface area (Å²) in [6.07, 6.45) is 4.11. The fourth-order valence-electron chi connectivity index (χ4n) is 5.26. The monoisotopic (exact) mass is 418 g/mol. The van der Waals surface area contributed by atoms with Crippen LogP contribution in [0.4, 0.5) is 0 Å². The fraction of sp³-hybridized carbons (Fsp3) is 0.462. The van der Waals surface area contributed by atoms with Gasteiger partial charge in [0.2, 0.25) is 0 Å². The molecule has 0 unspecified atom stereocenters. The molecule has 0 radical (unpaired) electrons. The first kappa shape index (κ1) is 20.3. The Kier molecular flexibility index (Phi) is 5.30. The SMILES string of the molecule is Cc1ccc([C@H]2CCCN2C(=O)c2cccc3c2C(=O)N(C[C@H]2CCCO2)C3)cc1C. The molecule has 2 fully saturated rings. The minimum Gasteiger partial charge on any atom is -0.376 e. The predicted molar refractivity (Wildman–Crippen MR) is 119 cm³/mol. The van der Waals surface area contributed by atoms with Crippen molar-refractivity contribution in [1.29, 1.82) is 0 Å². The molecule has 0 aromatic heterocycles. The largest absolute Gasteiger partial charge is 0.376 e. The average molecular weight is 419 g/mol. The number of aryl methyl sites for hydroxylation is 2. The molecular weight excluding hydrogens is 388 g/mol. The molecule has 0 spiro atoms. The average Bonchev–Trinajstić information content (AvgIpc) is 3.51. The first-order valence-corrected chi connectivity index (χ1v) is 11.4. The second-order valence-electron chi connectivity index (χ2n) is 9.16. The van der Waals surface area contributed by atoms with Crippen molar-refractivity contribution in [2.75, 3.05) is 19.7 Å². The summed E-state index contributed by atoms with van der Waals surface area (Å²) in [5.41, 5.74) is 5.79. The van der Waals surface area contributed by atoms with Gasteiger partial charge in [-0.15, -0.1) is 0 Å². The first-order chi connectivity index (χ1) is 15.0. The molecule has 0 bridgehead atoms. The van der Waals surface area contributed by atoms with Gasteiger partial charge in [-0.05, 0) is 67.9 Å². The Balaban J connectivity index is 1.41. The highest BCUT2D eigenvalue weighted by Crippen LogP contribution is 2.36. The zero-order chi connectivity index (χ0) is 21.5. The molecule has 31 heavy (non-hydrogen) atoms. The lowest BCUT2D eigenvalue weighted by Gasteiger charge is -2.26. The Morgan fingerprint density at radius 3 is 2.74 bits per heavy atom. The number of carbonyl (C=O) groups excluding carboxylic acids is 2. The number of nitrogens with zero attached hydrogens (tertiary/aromatic N) is 2. The van der Waals surface area contributed by atoms with E-state index in [9.17, 15) is 9.59 Å². The summed E-state index contributed by atoms with van der Waals surface area (Å²) in [7, 11) is 0. The van der Waals surface area contributed by atoms with Gasteiger partial charge in [0.25, 0.3) is 11.8 Å². The number of likely N-dealkylation sites (tertiary alicyclic amines) is 1. The quantitative estimate of drug-likeness (QED) is 0.739. The van der Waals surface area contributed by atoms with Crippen LogP contribution in [0.15, 0.2) is 36.4 Å². The second-order valence-corrected chi connectivity index (χ2v) is 9.16. The molecule has 2 atom stereocenters. The van der Waals surface area contributed by atoms with Crippen LogP contribution in [0.5, 0.6) is 0 Å². The van der Waals surface area contributed by atoms with Gasteiger partial charge in [-0.3, -0.25) is 9.59 Å². The van der Waals surface area contributed by atoms with Crippen LogP contribution < -0.4 is 0 Å². The highest BCUT2D eigenvalue weighted by atomic mass is 16.5. The number of benzene rings is 2. The van der Waals surface area contributed by atoms with Gasteiger partial charge in [0.05, 0.1) is 23.3 Å². The lowest BCUT2D eigenvalue weighted by molar-refractivity contribution is 0.0542. The Hall–Kier alpha value is -2.66.